The molecule has 134 valence electrons. The molecule has 6 nitrogen and oxygen atoms in total. The molecule has 0 aliphatic carbocycles. The zero-order valence-corrected chi connectivity index (χ0v) is 13.9. The quantitative estimate of drug-likeness (QED) is 0.582. The molecule has 3 N–H and O–H groups in total. The average molecular weight is 365 g/mol. The Morgan fingerprint density at radius 3 is 2.78 bits per heavy atom. The van der Waals surface area contributed by atoms with E-state index in [-0.39, 0.29) is 28.2 Å². The maximum absolute atomic E-state index is 14.2. The van der Waals surface area contributed by atoms with Crippen LogP contribution >= 0.6 is 0 Å². The van der Waals surface area contributed by atoms with Gasteiger partial charge in [-0.25, -0.2) is 13.3 Å². The van der Waals surface area contributed by atoms with Gasteiger partial charge in [0.25, 0.3) is 5.91 Å². The Hall–Kier alpha value is -3.81. The van der Waals surface area contributed by atoms with Crippen molar-refractivity contribution in [2.45, 2.75) is 0 Å². The second-order valence-corrected chi connectivity index (χ2v) is 5.77. The van der Waals surface area contributed by atoms with Crippen molar-refractivity contribution in [3.63, 3.8) is 0 Å². The molecule has 4 rings (SSSR count). The van der Waals surface area contributed by atoms with Gasteiger partial charge in [0.2, 0.25) is 0 Å². The normalized spacial score (nSPS) is 10.9. The summed E-state index contributed by atoms with van der Waals surface area (Å²) < 4.78 is 29.3. The number of hydrogen-bond donors (Lipinski definition) is 2. The van der Waals surface area contributed by atoms with Crippen molar-refractivity contribution < 1.29 is 13.6 Å². The molecule has 0 bridgehead atoms. The monoisotopic (exact) mass is 365 g/mol. The first kappa shape index (κ1) is 16.6. The summed E-state index contributed by atoms with van der Waals surface area (Å²) in [4.78, 5) is 16.8. The van der Waals surface area contributed by atoms with Crippen LogP contribution in [0.1, 0.15) is 10.4 Å². The third kappa shape index (κ3) is 2.86. The smallest absolute Gasteiger partial charge is 0.261 e. The molecule has 0 saturated carbocycles. The van der Waals surface area contributed by atoms with E-state index >= 15 is 0 Å². The van der Waals surface area contributed by atoms with Gasteiger partial charge in [0, 0.05) is 29.7 Å². The number of nitrogens with zero attached hydrogens (tertiary/aromatic N) is 3. The lowest BCUT2D eigenvalue weighted by Gasteiger charge is -2.11. The lowest BCUT2D eigenvalue weighted by atomic mass is 10.0. The zero-order chi connectivity index (χ0) is 19.0. The Bertz CT molecular complexity index is 1170. The maximum atomic E-state index is 14.2. The molecule has 0 fully saturated rings. The van der Waals surface area contributed by atoms with Gasteiger partial charge in [0.15, 0.2) is 17.5 Å². The van der Waals surface area contributed by atoms with E-state index in [2.05, 4.69) is 15.4 Å². The number of halogens is 2. The third-order valence-electron chi connectivity index (χ3n) is 4.11. The van der Waals surface area contributed by atoms with Gasteiger partial charge in [-0.05, 0) is 24.3 Å². The number of benzene rings is 1. The van der Waals surface area contributed by atoms with E-state index in [0.29, 0.717) is 5.52 Å². The Kier molecular flexibility index (Phi) is 4.00. The fourth-order valence-corrected chi connectivity index (χ4v) is 2.86. The predicted molar refractivity (Wildman–Crippen MR) is 97.1 cm³/mol. The van der Waals surface area contributed by atoms with E-state index in [1.54, 1.807) is 24.4 Å². The van der Waals surface area contributed by atoms with Gasteiger partial charge in [-0.3, -0.25) is 9.78 Å². The molecule has 0 radical (unpaired) electrons. The number of fused-ring (bicyclic) bond motifs is 1. The van der Waals surface area contributed by atoms with Gasteiger partial charge in [-0.1, -0.05) is 18.2 Å². The molecule has 0 atom stereocenters. The number of amides is 1. The van der Waals surface area contributed by atoms with Crippen LogP contribution in [-0.4, -0.2) is 20.5 Å². The number of pyridine rings is 2. The molecule has 0 unspecified atom stereocenters. The predicted octanol–water partition coefficient (Wildman–Crippen LogP) is 3.51. The molecule has 4 aromatic rings. The molecule has 0 aliphatic rings. The minimum absolute atomic E-state index is 0.00811. The van der Waals surface area contributed by atoms with Gasteiger partial charge in [0.05, 0.1) is 11.2 Å². The standard InChI is InChI=1S/C19H13F2N5O/c20-13-5-3-4-11(17(13)21)12-10-23-8-7-14(12)24-19(27)16-15-6-1-2-9-26(15)25-18(16)22/h1-10H,(H2,22,25)(H,23,24,27). The van der Waals surface area contributed by atoms with Crippen molar-refractivity contribution in [2.75, 3.05) is 11.1 Å². The summed E-state index contributed by atoms with van der Waals surface area (Å²) in [6.07, 6.45) is 4.46. The summed E-state index contributed by atoms with van der Waals surface area (Å²) in [5, 5.41) is 6.78. The van der Waals surface area contributed by atoms with Crippen LogP contribution in [0.3, 0.4) is 0 Å². The Morgan fingerprint density at radius 1 is 1.07 bits per heavy atom. The van der Waals surface area contributed by atoms with Crippen LogP contribution in [-0.2, 0) is 0 Å². The molecular formula is C19H13F2N5O. The first-order chi connectivity index (χ1) is 13.1. The molecule has 0 saturated heterocycles. The van der Waals surface area contributed by atoms with Crippen LogP contribution in [0.5, 0.6) is 0 Å². The van der Waals surface area contributed by atoms with Gasteiger partial charge < -0.3 is 11.1 Å². The lowest BCUT2D eigenvalue weighted by Crippen LogP contribution is -2.14. The fraction of sp³-hybridized carbons (Fsp3) is 0. The van der Waals surface area contributed by atoms with Crippen LogP contribution in [0.15, 0.2) is 61.1 Å². The molecule has 8 heteroatoms. The van der Waals surface area contributed by atoms with Gasteiger partial charge >= 0.3 is 0 Å². The number of carbonyl (C=O) groups excluding carboxylic acids is 1. The van der Waals surface area contributed by atoms with E-state index in [1.807, 2.05) is 0 Å². The van der Waals surface area contributed by atoms with Crippen molar-refractivity contribution in [1.29, 1.82) is 0 Å². The van der Waals surface area contributed by atoms with Crippen LogP contribution < -0.4 is 11.1 Å². The highest BCUT2D eigenvalue weighted by atomic mass is 19.2. The minimum atomic E-state index is -1.02. The van der Waals surface area contributed by atoms with Crippen molar-refractivity contribution in [2.24, 2.45) is 0 Å². The number of carbonyl (C=O) groups is 1. The summed E-state index contributed by atoms with van der Waals surface area (Å²) >= 11 is 0. The topological polar surface area (TPSA) is 85.3 Å². The number of anilines is 2. The van der Waals surface area contributed by atoms with Crippen molar-refractivity contribution in [3.05, 3.63) is 78.3 Å². The second-order valence-electron chi connectivity index (χ2n) is 5.77. The SMILES string of the molecule is Nc1nn2ccccc2c1C(=O)Nc1ccncc1-c1cccc(F)c1F. The van der Waals surface area contributed by atoms with Crippen LogP contribution in [0.4, 0.5) is 20.3 Å². The summed E-state index contributed by atoms with van der Waals surface area (Å²) in [5.41, 5.74) is 7.12. The van der Waals surface area contributed by atoms with Gasteiger partial charge in [-0.2, -0.15) is 0 Å². The highest BCUT2D eigenvalue weighted by Crippen LogP contribution is 2.31. The summed E-state index contributed by atoms with van der Waals surface area (Å²) in [6, 6.07) is 10.5. The molecule has 0 aliphatic heterocycles. The highest BCUT2D eigenvalue weighted by molar-refractivity contribution is 6.13. The number of nitrogens with one attached hydrogen (secondary N) is 1. The van der Waals surface area contributed by atoms with E-state index in [9.17, 15) is 13.6 Å². The Morgan fingerprint density at radius 2 is 1.93 bits per heavy atom. The molecule has 1 aromatic carbocycles. The molecule has 3 heterocycles. The first-order valence-corrected chi connectivity index (χ1v) is 7.99. The highest BCUT2D eigenvalue weighted by Gasteiger charge is 2.20. The van der Waals surface area contributed by atoms with Crippen molar-refractivity contribution in [3.8, 4) is 11.1 Å². The molecular weight excluding hydrogens is 352 g/mol. The largest absolute Gasteiger partial charge is 0.382 e. The first-order valence-electron chi connectivity index (χ1n) is 7.99. The second kappa shape index (κ2) is 6.49. The number of aromatic nitrogens is 3. The van der Waals surface area contributed by atoms with Crippen LogP contribution in [0, 0.1) is 11.6 Å². The summed E-state index contributed by atoms with van der Waals surface area (Å²) in [7, 11) is 0. The van der Waals surface area contributed by atoms with Gasteiger partial charge in [0.1, 0.15) is 5.56 Å². The maximum Gasteiger partial charge on any atom is 0.261 e. The average Bonchev–Trinajstić information content (AvgIpc) is 3.00. The number of hydrogen-bond acceptors (Lipinski definition) is 4. The number of nitrogen functional groups attached to an aromatic ring is 1. The minimum Gasteiger partial charge on any atom is -0.382 e. The Labute approximate surface area is 152 Å². The summed E-state index contributed by atoms with van der Waals surface area (Å²) in [6.45, 7) is 0. The van der Waals surface area contributed by atoms with Crippen molar-refractivity contribution in [1.82, 2.24) is 14.6 Å². The lowest BCUT2D eigenvalue weighted by molar-refractivity contribution is 0.102. The number of rotatable bonds is 3. The van der Waals surface area contributed by atoms with Gasteiger partial charge in [-0.15, -0.1) is 5.10 Å². The Balaban J connectivity index is 1.76. The van der Waals surface area contributed by atoms with E-state index in [4.69, 9.17) is 5.73 Å². The van der Waals surface area contributed by atoms with Crippen LogP contribution in [0.2, 0.25) is 0 Å². The van der Waals surface area contributed by atoms with E-state index < -0.39 is 17.5 Å². The van der Waals surface area contributed by atoms with E-state index in [1.165, 1.54) is 35.1 Å². The third-order valence-corrected chi connectivity index (χ3v) is 4.11. The molecule has 0 spiro atoms. The summed E-state index contributed by atoms with van der Waals surface area (Å²) in [5.74, 6) is -2.46. The zero-order valence-electron chi connectivity index (χ0n) is 13.9. The molecule has 27 heavy (non-hydrogen) atoms. The fourth-order valence-electron chi connectivity index (χ4n) is 2.86. The molecule has 1 amide bonds. The van der Waals surface area contributed by atoms with Crippen molar-refractivity contribution >= 4 is 22.9 Å². The number of nitrogens with two attached hydrogens (primary N) is 1. The van der Waals surface area contributed by atoms with Crippen LogP contribution in [0.25, 0.3) is 16.6 Å². The molecule has 3 aromatic heterocycles. The van der Waals surface area contributed by atoms with E-state index in [0.717, 1.165) is 6.07 Å².